The van der Waals surface area contributed by atoms with E-state index in [1.807, 2.05) is 12.1 Å². The molecule has 0 bridgehead atoms. The molecule has 1 fully saturated rings. The van der Waals surface area contributed by atoms with Crippen LogP contribution in [-0.2, 0) is 13.0 Å². The van der Waals surface area contributed by atoms with Crippen molar-refractivity contribution in [2.75, 3.05) is 0 Å². The summed E-state index contributed by atoms with van der Waals surface area (Å²) in [5, 5.41) is 4.56. The Morgan fingerprint density at radius 2 is 2.10 bits per heavy atom. The second-order valence-corrected chi connectivity index (χ2v) is 7.16. The average molecular weight is 304 g/mol. The summed E-state index contributed by atoms with van der Waals surface area (Å²) in [5.74, 6) is 0.267. The highest BCUT2D eigenvalue weighted by Crippen LogP contribution is 2.28. The summed E-state index contributed by atoms with van der Waals surface area (Å²) >= 11 is 1.72. The van der Waals surface area contributed by atoms with Gasteiger partial charge in [-0.1, -0.05) is 32.0 Å². The number of hydrogen-bond donors (Lipinski definition) is 1. The minimum Gasteiger partial charge on any atom is -0.309 e. The number of rotatable bonds is 6. The SMILES string of the molecule is CC(C)c1nc(Cc2ccccc2F)sc1CNC1CC1. The summed E-state index contributed by atoms with van der Waals surface area (Å²) in [6.07, 6.45) is 3.16. The zero-order valence-electron chi connectivity index (χ0n) is 12.5. The first-order valence-electron chi connectivity index (χ1n) is 7.58. The molecule has 0 radical (unpaired) electrons. The van der Waals surface area contributed by atoms with Gasteiger partial charge in [-0.25, -0.2) is 9.37 Å². The molecule has 1 aliphatic rings. The van der Waals surface area contributed by atoms with Crippen LogP contribution < -0.4 is 5.32 Å². The van der Waals surface area contributed by atoms with E-state index in [1.165, 1.54) is 29.5 Å². The Morgan fingerprint density at radius 3 is 2.76 bits per heavy atom. The van der Waals surface area contributed by atoms with E-state index < -0.39 is 0 Å². The fourth-order valence-electron chi connectivity index (χ4n) is 2.40. The van der Waals surface area contributed by atoms with Crippen LogP contribution in [0.25, 0.3) is 0 Å². The lowest BCUT2D eigenvalue weighted by Crippen LogP contribution is -2.15. The third kappa shape index (κ3) is 3.69. The van der Waals surface area contributed by atoms with Crippen molar-refractivity contribution in [3.63, 3.8) is 0 Å². The molecule has 0 saturated heterocycles. The smallest absolute Gasteiger partial charge is 0.126 e. The molecule has 112 valence electrons. The van der Waals surface area contributed by atoms with Crippen LogP contribution in [0.5, 0.6) is 0 Å². The largest absolute Gasteiger partial charge is 0.309 e. The molecule has 2 nitrogen and oxygen atoms in total. The van der Waals surface area contributed by atoms with Crippen LogP contribution in [0.4, 0.5) is 4.39 Å². The van der Waals surface area contributed by atoms with Gasteiger partial charge in [0.15, 0.2) is 0 Å². The topological polar surface area (TPSA) is 24.9 Å². The van der Waals surface area contributed by atoms with Gasteiger partial charge in [-0.15, -0.1) is 11.3 Å². The lowest BCUT2D eigenvalue weighted by molar-refractivity contribution is 0.613. The average Bonchev–Trinajstić information content (AvgIpc) is 3.19. The third-order valence-electron chi connectivity index (χ3n) is 3.75. The standard InChI is InChI=1S/C17H21FN2S/c1-11(2)17-15(10-19-13-7-8-13)21-16(20-17)9-12-5-3-4-6-14(12)18/h3-6,11,13,19H,7-10H2,1-2H3. The lowest BCUT2D eigenvalue weighted by Gasteiger charge is -2.05. The van der Waals surface area contributed by atoms with E-state index in [2.05, 4.69) is 19.2 Å². The Kier molecular flexibility index (Phi) is 4.36. The molecule has 1 saturated carbocycles. The first-order chi connectivity index (χ1) is 10.1. The summed E-state index contributed by atoms with van der Waals surface area (Å²) in [6, 6.07) is 7.66. The van der Waals surface area contributed by atoms with E-state index in [0.717, 1.165) is 17.1 Å². The third-order valence-corrected chi connectivity index (χ3v) is 4.82. The van der Waals surface area contributed by atoms with E-state index in [0.29, 0.717) is 18.4 Å². The van der Waals surface area contributed by atoms with Gasteiger partial charge in [-0.3, -0.25) is 0 Å². The second kappa shape index (κ2) is 6.24. The number of nitrogens with one attached hydrogen (secondary N) is 1. The maximum atomic E-state index is 13.8. The van der Waals surface area contributed by atoms with Crippen molar-refractivity contribution >= 4 is 11.3 Å². The number of nitrogens with zero attached hydrogens (tertiary/aromatic N) is 1. The summed E-state index contributed by atoms with van der Waals surface area (Å²) in [6.45, 7) is 5.23. The van der Waals surface area contributed by atoms with Crippen molar-refractivity contribution < 1.29 is 4.39 Å². The van der Waals surface area contributed by atoms with Gasteiger partial charge in [0.05, 0.1) is 10.7 Å². The van der Waals surface area contributed by atoms with Crippen LogP contribution in [-0.4, -0.2) is 11.0 Å². The minimum atomic E-state index is -0.142. The highest BCUT2D eigenvalue weighted by molar-refractivity contribution is 7.11. The van der Waals surface area contributed by atoms with E-state index >= 15 is 0 Å². The Balaban J connectivity index is 1.78. The predicted molar refractivity (Wildman–Crippen MR) is 85.3 cm³/mol. The quantitative estimate of drug-likeness (QED) is 0.863. The van der Waals surface area contributed by atoms with E-state index in [4.69, 9.17) is 4.98 Å². The van der Waals surface area contributed by atoms with Crippen molar-refractivity contribution in [1.82, 2.24) is 10.3 Å². The maximum absolute atomic E-state index is 13.8. The molecule has 0 spiro atoms. The van der Waals surface area contributed by atoms with Crippen molar-refractivity contribution in [2.45, 2.75) is 51.6 Å². The Morgan fingerprint density at radius 1 is 1.33 bits per heavy atom. The normalized spacial score (nSPS) is 14.9. The number of halogens is 1. The zero-order valence-corrected chi connectivity index (χ0v) is 13.3. The molecule has 1 N–H and O–H groups in total. The van der Waals surface area contributed by atoms with Gasteiger partial charge in [0.1, 0.15) is 5.82 Å². The minimum absolute atomic E-state index is 0.142. The Labute approximate surface area is 129 Å². The first-order valence-corrected chi connectivity index (χ1v) is 8.40. The molecular weight excluding hydrogens is 283 g/mol. The molecular formula is C17H21FN2S. The van der Waals surface area contributed by atoms with Gasteiger partial charge >= 0.3 is 0 Å². The molecule has 1 aromatic heterocycles. The van der Waals surface area contributed by atoms with E-state index in [1.54, 1.807) is 17.4 Å². The van der Waals surface area contributed by atoms with Gasteiger partial charge in [0.25, 0.3) is 0 Å². The van der Waals surface area contributed by atoms with Crippen LogP contribution >= 0.6 is 11.3 Å². The molecule has 0 amide bonds. The molecule has 2 aromatic rings. The van der Waals surface area contributed by atoms with Crippen molar-refractivity contribution in [3.05, 3.63) is 51.2 Å². The van der Waals surface area contributed by atoms with Gasteiger partial charge in [-0.2, -0.15) is 0 Å². The molecule has 1 heterocycles. The van der Waals surface area contributed by atoms with Crippen LogP contribution in [0.1, 0.15) is 53.7 Å². The highest BCUT2D eigenvalue weighted by Gasteiger charge is 2.22. The summed E-state index contributed by atoms with van der Waals surface area (Å²) in [4.78, 5) is 6.06. The van der Waals surface area contributed by atoms with Crippen molar-refractivity contribution in [2.24, 2.45) is 0 Å². The van der Waals surface area contributed by atoms with Crippen LogP contribution in [0, 0.1) is 5.82 Å². The summed E-state index contributed by atoms with van der Waals surface area (Å²) < 4.78 is 13.8. The van der Waals surface area contributed by atoms with Gasteiger partial charge in [-0.05, 0) is 30.4 Å². The predicted octanol–water partition coefficient (Wildman–Crippen LogP) is 4.25. The monoisotopic (exact) mass is 304 g/mol. The number of hydrogen-bond acceptors (Lipinski definition) is 3. The summed E-state index contributed by atoms with van der Waals surface area (Å²) in [7, 11) is 0. The molecule has 0 atom stereocenters. The highest BCUT2D eigenvalue weighted by atomic mass is 32.1. The molecule has 0 unspecified atom stereocenters. The van der Waals surface area contributed by atoms with E-state index in [-0.39, 0.29) is 5.82 Å². The molecule has 0 aliphatic heterocycles. The molecule has 3 rings (SSSR count). The fourth-order valence-corrected chi connectivity index (χ4v) is 3.59. The van der Waals surface area contributed by atoms with Crippen molar-refractivity contribution in [1.29, 1.82) is 0 Å². The Bertz CT molecular complexity index is 617. The number of benzene rings is 1. The van der Waals surface area contributed by atoms with E-state index in [9.17, 15) is 4.39 Å². The second-order valence-electron chi connectivity index (χ2n) is 5.99. The summed E-state index contributed by atoms with van der Waals surface area (Å²) in [5.41, 5.74) is 1.89. The molecule has 4 heteroatoms. The fraction of sp³-hybridized carbons (Fsp3) is 0.471. The molecule has 1 aromatic carbocycles. The Hall–Kier alpha value is -1.26. The number of thiazole rings is 1. The van der Waals surface area contributed by atoms with Gasteiger partial charge in [0, 0.05) is 23.9 Å². The maximum Gasteiger partial charge on any atom is 0.126 e. The number of aromatic nitrogens is 1. The van der Waals surface area contributed by atoms with Crippen LogP contribution in [0.2, 0.25) is 0 Å². The van der Waals surface area contributed by atoms with Gasteiger partial charge in [0.2, 0.25) is 0 Å². The molecule has 1 aliphatic carbocycles. The lowest BCUT2D eigenvalue weighted by atomic mass is 10.1. The van der Waals surface area contributed by atoms with Crippen LogP contribution in [0.15, 0.2) is 24.3 Å². The molecule has 21 heavy (non-hydrogen) atoms. The van der Waals surface area contributed by atoms with Gasteiger partial charge < -0.3 is 5.32 Å². The first kappa shape index (κ1) is 14.7. The zero-order chi connectivity index (χ0) is 14.8. The van der Waals surface area contributed by atoms with Crippen molar-refractivity contribution in [3.8, 4) is 0 Å². The van der Waals surface area contributed by atoms with Crippen LogP contribution in [0.3, 0.4) is 0 Å².